The van der Waals surface area contributed by atoms with Crippen molar-refractivity contribution in [2.24, 2.45) is 0 Å². The first kappa shape index (κ1) is 14.7. The standard InChI is InChI=1S/C16H24N2O2/c1-4-20-15-9-8-13(17)10-14(15)16(19)18-11(2)6-5-7-12(18)3/h8-12H,4-7,17H2,1-3H3/t11-,12+. The number of nitrogens with zero attached hydrogens (tertiary/aromatic N) is 1. The third-order valence-corrected chi connectivity index (χ3v) is 3.96. The van der Waals surface area contributed by atoms with Crippen LogP contribution in [0, 0.1) is 0 Å². The topological polar surface area (TPSA) is 55.6 Å². The number of nitrogens with two attached hydrogens (primary N) is 1. The summed E-state index contributed by atoms with van der Waals surface area (Å²) in [6.45, 7) is 6.67. The van der Waals surface area contributed by atoms with E-state index in [4.69, 9.17) is 10.5 Å². The molecule has 1 aromatic rings. The molecule has 1 heterocycles. The molecule has 4 nitrogen and oxygen atoms in total. The molecule has 0 saturated carbocycles. The Labute approximate surface area is 120 Å². The highest BCUT2D eigenvalue weighted by molar-refractivity contribution is 5.98. The Bertz CT molecular complexity index is 477. The van der Waals surface area contributed by atoms with Gasteiger partial charge in [0.15, 0.2) is 0 Å². The van der Waals surface area contributed by atoms with Crippen LogP contribution in [-0.4, -0.2) is 29.5 Å². The number of hydrogen-bond donors (Lipinski definition) is 1. The van der Waals surface area contributed by atoms with Crippen molar-refractivity contribution in [3.05, 3.63) is 23.8 Å². The Morgan fingerprint density at radius 1 is 1.35 bits per heavy atom. The van der Waals surface area contributed by atoms with Crippen LogP contribution in [-0.2, 0) is 0 Å². The highest BCUT2D eigenvalue weighted by Gasteiger charge is 2.31. The van der Waals surface area contributed by atoms with E-state index < -0.39 is 0 Å². The van der Waals surface area contributed by atoms with Crippen molar-refractivity contribution in [1.82, 2.24) is 4.90 Å². The van der Waals surface area contributed by atoms with Crippen LogP contribution < -0.4 is 10.5 Å². The number of anilines is 1. The van der Waals surface area contributed by atoms with Crippen LogP contribution in [0.3, 0.4) is 0 Å². The molecule has 1 amide bonds. The predicted octanol–water partition coefficient (Wildman–Crippen LogP) is 3.07. The average Bonchev–Trinajstić information content (AvgIpc) is 2.40. The molecule has 1 aliphatic heterocycles. The van der Waals surface area contributed by atoms with Crippen LogP contribution in [0.25, 0.3) is 0 Å². The molecule has 20 heavy (non-hydrogen) atoms. The van der Waals surface area contributed by atoms with Crippen molar-refractivity contribution >= 4 is 11.6 Å². The fraction of sp³-hybridized carbons (Fsp3) is 0.562. The maximum Gasteiger partial charge on any atom is 0.258 e. The van der Waals surface area contributed by atoms with Gasteiger partial charge in [0, 0.05) is 17.8 Å². The summed E-state index contributed by atoms with van der Waals surface area (Å²) in [5.74, 6) is 0.650. The van der Waals surface area contributed by atoms with Gasteiger partial charge in [0.25, 0.3) is 5.91 Å². The molecule has 0 radical (unpaired) electrons. The summed E-state index contributed by atoms with van der Waals surface area (Å²) in [5.41, 5.74) is 7.00. The van der Waals surface area contributed by atoms with Gasteiger partial charge in [-0.15, -0.1) is 0 Å². The van der Waals surface area contributed by atoms with Gasteiger partial charge in [0.2, 0.25) is 0 Å². The first-order valence-corrected chi connectivity index (χ1v) is 7.39. The third kappa shape index (κ3) is 2.89. The minimum absolute atomic E-state index is 0.0282. The first-order valence-electron chi connectivity index (χ1n) is 7.39. The van der Waals surface area contributed by atoms with Crippen LogP contribution in [0.2, 0.25) is 0 Å². The summed E-state index contributed by atoms with van der Waals surface area (Å²) < 4.78 is 5.57. The van der Waals surface area contributed by atoms with Crippen molar-refractivity contribution in [3.8, 4) is 5.75 Å². The van der Waals surface area contributed by atoms with Crippen molar-refractivity contribution in [2.75, 3.05) is 12.3 Å². The molecule has 1 saturated heterocycles. The van der Waals surface area contributed by atoms with E-state index in [0.29, 0.717) is 23.6 Å². The van der Waals surface area contributed by atoms with E-state index in [1.165, 1.54) is 6.42 Å². The van der Waals surface area contributed by atoms with E-state index in [0.717, 1.165) is 12.8 Å². The van der Waals surface area contributed by atoms with Gasteiger partial charge in [-0.25, -0.2) is 0 Å². The van der Waals surface area contributed by atoms with Gasteiger partial charge in [-0.3, -0.25) is 4.79 Å². The molecule has 1 fully saturated rings. The molecule has 0 aliphatic carbocycles. The molecule has 2 rings (SSSR count). The van der Waals surface area contributed by atoms with Gasteiger partial charge in [-0.2, -0.15) is 0 Å². The summed E-state index contributed by atoms with van der Waals surface area (Å²) in [6, 6.07) is 5.81. The lowest BCUT2D eigenvalue weighted by Crippen LogP contribution is -2.47. The normalized spacial score (nSPS) is 22.6. The number of amides is 1. The summed E-state index contributed by atoms with van der Waals surface area (Å²) in [4.78, 5) is 14.8. The summed E-state index contributed by atoms with van der Waals surface area (Å²) in [6.07, 6.45) is 3.30. The number of rotatable bonds is 3. The van der Waals surface area contributed by atoms with Gasteiger partial charge in [-0.1, -0.05) is 0 Å². The van der Waals surface area contributed by atoms with Crippen molar-refractivity contribution in [2.45, 2.75) is 52.1 Å². The van der Waals surface area contributed by atoms with Crippen molar-refractivity contribution in [1.29, 1.82) is 0 Å². The lowest BCUT2D eigenvalue weighted by Gasteiger charge is -2.39. The van der Waals surface area contributed by atoms with Crippen molar-refractivity contribution < 1.29 is 9.53 Å². The van der Waals surface area contributed by atoms with Crippen LogP contribution >= 0.6 is 0 Å². The van der Waals surface area contributed by atoms with E-state index in [2.05, 4.69) is 13.8 Å². The van der Waals surface area contributed by atoms with Crippen LogP contribution in [0.15, 0.2) is 18.2 Å². The smallest absolute Gasteiger partial charge is 0.258 e. The van der Waals surface area contributed by atoms with Crippen molar-refractivity contribution in [3.63, 3.8) is 0 Å². The number of ether oxygens (including phenoxy) is 1. The number of benzene rings is 1. The third-order valence-electron chi connectivity index (χ3n) is 3.96. The Balaban J connectivity index is 2.34. The summed E-state index contributed by atoms with van der Waals surface area (Å²) >= 11 is 0. The molecule has 4 heteroatoms. The molecule has 0 spiro atoms. The summed E-state index contributed by atoms with van der Waals surface area (Å²) in [7, 11) is 0. The van der Waals surface area contributed by atoms with Crippen LogP contribution in [0.1, 0.15) is 50.4 Å². The van der Waals surface area contributed by atoms with Gasteiger partial charge in [0.1, 0.15) is 5.75 Å². The molecule has 1 aliphatic rings. The van der Waals surface area contributed by atoms with E-state index in [1.54, 1.807) is 18.2 Å². The molecule has 2 N–H and O–H groups in total. The van der Waals surface area contributed by atoms with Gasteiger partial charge in [0.05, 0.1) is 12.2 Å². The number of carbonyl (C=O) groups is 1. The fourth-order valence-electron chi connectivity index (χ4n) is 2.96. The quantitative estimate of drug-likeness (QED) is 0.863. The molecular formula is C16H24N2O2. The minimum Gasteiger partial charge on any atom is -0.493 e. The Kier molecular flexibility index (Phi) is 4.53. The van der Waals surface area contributed by atoms with E-state index in [9.17, 15) is 4.79 Å². The monoisotopic (exact) mass is 276 g/mol. The van der Waals surface area contributed by atoms with Gasteiger partial charge < -0.3 is 15.4 Å². The number of likely N-dealkylation sites (tertiary alicyclic amines) is 1. The molecule has 110 valence electrons. The lowest BCUT2D eigenvalue weighted by molar-refractivity contribution is 0.0507. The zero-order valence-electron chi connectivity index (χ0n) is 12.6. The maximum absolute atomic E-state index is 12.9. The number of nitrogen functional groups attached to an aromatic ring is 1. The summed E-state index contributed by atoms with van der Waals surface area (Å²) in [5, 5.41) is 0. The van der Waals surface area contributed by atoms with E-state index in [1.807, 2.05) is 11.8 Å². The zero-order valence-corrected chi connectivity index (χ0v) is 12.6. The number of hydrogen-bond acceptors (Lipinski definition) is 3. The zero-order chi connectivity index (χ0) is 14.7. The second-order valence-electron chi connectivity index (χ2n) is 5.53. The first-order chi connectivity index (χ1) is 9.54. The van der Waals surface area contributed by atoms with Crippen LogP contribution in [0.4, 0.5) is 5.69 Å². The minimum atomic E-state index is 0.0282. The van der Waals surface area contributed by atoms with Gasteiger partial charge in [-0.05, 0) is 58.2 Å². The highest BCUT2D eigenvalue weighted by Crippen LogP contribution is 2.29. The Hall–Kier alpha value is -1.71. The second kappa shape index (κ2) is 6.16. The van der Waals surface area contributed by atoms with E-state index >= 15 is 0 Å². The largest absolute Gasteiger partial charge is 0.493 e. The Morgan fingerprint density at radius 3 is 2.60 bits per heavy atom. The predicted molar refractivity (Wildman–Crippen MR) is 81.0 cm³/mol. The molecule has 0 aromatic heterocycles. The van der Waals surface area contributed by atoms with E-state index in [-0.39, 0.29) is 18.0 Å². The maximum atomic E-state index is 12.9. The average molecular weight is 276 g/mol. The Morgan fingerprint density at radius 2 is 2.00 bits per heavy atom. The SMILES string of the molecule is CCOc1ccc(N)cc1C(=O)N1[C@H](C)CCC[C@@H]1C. The molecule has 0 bridgehead atoms. The molecular weight excluding hydrogens is 252 g/mol. The molecule has 0 unspecified atom stereocenters. The highest BCUT2D eigenvalue weighted by atomic mass is 16.5. The fourth-order valence-corrected chi connectivity index (χ4v) is 2.96. The van der Waals surface area contributed by atoms with Gasteiger partial charge >= 0.3 is 0 Å². The molecule has 1 aromatic carbocycles. The lowest BCUT2D eigenvalue weighted by atomic mass is 9.96. The number of piperidine rings is 1. The molecule has 2 atom stereocenters. The van der Waals surface area contributed by atoms with Crippen LogP contribution in [0.5, 0.6) is 5.75 Å². The second-order valence-corrected chi connectivity index (χ2v) is 5.53. The number of carbonyl (C=O) groups excluding carboxylic acids is 1.